The molecule has 4 nitrogen and oxygen atoms in total. The van der Waals surface area contributed by atoms with Gasteiger partial charge >= 0.3 is 11.9 Å². The van der Waals surface area contributed by atoms with Crippen molar-refractivity contribution in [3.05, 3.63) is 78.9 Å². The third-order valence-corrected chi connectivity index (χ3v) is 2.65. The molecule has 0 saturated carbocycles. The van der Waals surface area contributed by atoms with Gasteiger partial charge in [0.05, 0.1) is 0 Å². The number of allylic oxidation sites excluding steroid dienone is 1. The van der Waals surface area contributed by atoms with Gasteiger partial charge in [0, 0.05) is 11.1 Å². The largest absolute Gasteiger partial charge is 0.478 e. The van der Waals surface area contributed by atoms with E-state index < -0.39 is 11.9 Å². The Morgan fingerprint density at radius 3 is 2.26 bits per heavy atom. The van der Waals surface area contributed by atoms with Gasteiger partial charge in [0.1, 0.15) is 6.61 Å². The predicted molar refractivity (Wildman–Crippen MR) is 92.8 cm³/mol. The minimum absolute atomic E-state index is 0.124. The van der Waals surface area contributed by atoms with Crippen LogP contribution in [0.3, 0.4) is 0 Å². The highest BCUT2D eigenvalue weighted by Crippen LogP contribution is 2.05. The maximum Gasteiger partial charge on any atom is 0.334 e. The zero-order valence-corrected chi connectivity index (χ0v) is 13.3. The molecular weight excluding hydrogens is 292 g/mol. The molecule has 0 radical (unpaired) electrons. The minimum atomic E-state index is -1.01. The van der Waals surface area contributed by atoms with Crippen LogP contribution in [-0.2, 0) is 14.3 Å². The summed E-state index contributed by atoms with van der Waals surface area (Å²) in [6.45, 7) is 12.1. The second-order valence-corrected chi connectivity index (χ2v) is 4.50. The number of hydrogen-bond acceptors (Lipinski definition) is 3. The molecule has 23 heavy (non-hydrogen) atoms. The third-order valence-electron chi connectivity index (χ3n) is 2.65. The number of carboxylic acid groups (broad SMARTS) is 1. The van der Waals surface area contributed by atoms with E-state index in [9.17, 15) is 9.59 Å². The van der Waals surface area contributed by atoms with Crippen LogP contribution < -0.4 is 0 Å². The van der Waals surface area contributed by atoms with E-state index in [2.05, 4.69) is 19.7 Å². The van der Waals surface area contributed by atoms with Gasteiger partial charge in [0.25, 0.3) is 0 Å². The van der Waals surface area contributed by atoms with Gasteiger partial charge in [-0.1, -0.05) is 68.3 Å². The summed E-state index contributed by atoms with van der Waals surface area (Å²) in [6.07, 6.45) is 4.87. The summed E-state index contributed by atoms with van der Waals surface area (Å²) < 4.78 is 4.71. The topological polar surface area (TPSA) is 63.6 Å². The van der Waals surface area contributed by atoms with Crippen LogP contribution in [-0.4, -0.2) is 23.7 Å². The summed E-state index contributed by atoms with van der Waals surface area (Å²) in [5.74, 6) is -1.55. The van der Waals surface area contributed by atoms with E-state index in [-0.39, 0.29) is 24.2 Å². The Bertz CT molecular complexity index is 583. The number of hydrogen-bond donors (Lipinski definition) is 1. The Morgan fingerprint density at radius 1 is 1.22 bits per heavy atom. The molecule has 1 N–H and O–H groups in total. The van der Waals surface area contributed by atoms with Crippen molar-refractivity contribution in [2.75, 3.05) is 6.61 Å². The summed E-state index contributed by atoms with van der Waals surface area (Å²) in [5.41, 5.74) is 1.57. The first-order valence-corrected chi connectivity index (χ1v) is 6.95. The van der Waals surface area contributed by atoms with Crippen LogP contribution in [0.4, 0.5) is 0 Å². The van der Waals surface area contributed by atoms with Crippen molar-refractivity contribution < 1.29 is 19.4 Å². The van der Waals surface area contributed by atoms with Gasteiger partial charge in [-0.3, -0.25) is 0 Å². The number of carboxylic acids is 1. The molecule has 0 amide bonds. The molecule has 1 aromatic rings. The molecule has 0 aliphatic rings. The number of aliphatic carboxylic acids is 1. The lowest BCUT2D eigenvalue weighted by atomic mass is 10.1. The maximum absolute atomic E-state index is 11.1. The molecule has 1 rings (SSSR count). The molecule has 0 aromatic heterocycles. The van der Waals surface area contributed by atoms with Crippen LogP contribution in [0.15, 0.2) is 73.4 Å². The first kappa shape index (κ1) is 20.1. The molecule has 1 aromatic carbocycles. The van der Waals surface area contributed by atoms with Gasteiger partial charge in [-0.25, -0.2) is 9.59 Å². The number of carbonyl (C=O) groups excluding carboxylic acids is 1. The summed E-state index contributed by atoms with van der Waals surface area (Å²) in [4.78, 5) is 21.6. The van der Waals surface area contributed by atoms with Crippen molar-refractivity contribution in [2.45, 2.75) is 13.3 Å². The van der Waals surface area contributed by atoms with E-state index in [1.54, 1.807) is 0 Å². The Morgan fingerprint density at radius 2 is 1.83 bits per heavy atom. The number of esters is 1. The molecule has 122 valence electrons. The van der Waals surface area contributed by atoms with Gasteiger partial charge in [0.2, 0.25) is 0 Å². The van der Waals surface area contributed by atoms with Crippen molar-refractivity contribution in [3.8, 4) is 0 Å². The summed E-state index contributed by atoms with van der Waals surface area (Å²) in [7, 11) is 0. The quantitative estimate of drug-likeness (QED) is 0.469. The van der Waals surface area contributed by atoms with E-state index >= 15 is 0 Å². The fourth-order valence-corrected chi connectivity index (χ4v) is 1.27. The van der Waals surface area contributed by atoms with Gasteiger partial charge in [0.15, 0.2) is 0 Å². The highest BCUT2D eigenvalue weighted by Gasteiger charge is 2.07. The Hall–Kier alpha value is -2.88. The predicted octanol–water partition coefficient (Wildman–Crippen LogP) is 4.02. The number of benzene rings is 1. The van der Waals surface area contributed by atoms with E-state index in [4.69, 9.17) is 9.84 Å². The molecular formula is C19H22O4. The van der Waals surface area contributed by atoms with Crippen LogP contribution in [0.25, 0.3) is 6.08 Å². The van der Waals surface area contributed by atoms with E-state index in [0.29, 0.717) is 0 Å². The smallest absolute Gasteiger partial charge is 0.334 e. The molecule has 0 heterocycles. The van der Waals surface area contributed by atoms with Crippen molar-refractivity contribution in [1.29, 1.82) is 0 Å². The SMILES string of the molecule is C=CCOC(=O)C(=C)CC=C(C)C(=O)O.C=Cc1ccccc1. The summed E-state index contributed by atoms with van der Waals surface area (Å²) >= 11 is 0. The van der Waals surface area contributed by atoms with Crippen LogP contribution in [0.1, 0.15) is 18.9 Å². The second-order valence-electron chi connectivity index (χ2n) is 4.50. The minimum Gasteiger partial charge on any atom is -0.478 e. The Labute approximate surface area is 137 Å². The van der Waals surface area contributed by atoms with Crippen LogP contribution in [0, 0.1) is 0 Å². The van der Waals surface area contributed by atoms with Crippen LogP contribution in [0.5, 0.6) is 0 Å². The van der Waals surface area contributed by atoms with E-state index in [1.807, 2.05) is 36.4 Å². The molecule has 0 unspecified atom stereocenters. The highest BCUT2D eigenvalue weighted by molar-refractivity contribution is 5.89. The molecule has 0 atom stereocenters. The number of rotatable bonds is 7. The zero-order valence-electron chi connectivity index (χ0n) is 13.3. The van der Waals surface area contributed by atoms with Gasteiger partial charge in [-0.2, -0.15) is 0 Å². The average Bonchev–Trinajstić information content (AvgIpc) is 2.58. The van der Waals surface area contributed by atoms with Gasteiger partial charge in [-0.15, -0.1) is 0 Å². The van der Waals surface area contributed by atoms with Gasteiger partial charge in [-0.05, 0) is 18.9 Å². The lowest BCUT2D eigenvalue weighted by Crippen LogP contribution is -2.07. The van der Waals surface area contributed by atoms with Crippen molar-refractivity contribution in [3.63, 3.8) is 0 Å². The Kier molecular flexibility index (Phi) is 10.3. The molecule has 0 fully saturated rings. The van der Waals surface area contributed by atoms with E-state index in [1.165, 1.54) is 24.6 Å². The zero-order chi connectivity index (χ0) is 17.7. The summed E-state index contributed by atoms with van der Waals surface area (Å²) in [5, 5.41) is 8.55. The molecule has 0 aliphatic heterocycles. The molecule has 0 spiro atoms. The fraction of sp³-hybridized carbons (Fsp3) is 0.158. The van der Waals surface area contributed by atoms with Crippen LogP contribution >= 0.6 is 0 Å². The monoisotopic (exact) mass is 314 g/mol. The first-order valence-electron chi connectivity index (χ1n) is 6.95. The fourth-order valence-electron chi connectivity index (χ4n) is 1.27. The van der Waals surface area contributed by atoms with Gasteiger partial charge < -0.3 is 9.84 Å². The Balaban J connectivity index is 0.000000502. The third kappa shape index (κ3) is 9.63. The van der Waals surface area contributed by atoms with Crippen molar-refractivity contribution in [1.82, 2.24) is 0 Å². The lowest BCUT2D eigenvalue weighted by Gasteiger charge is -2.02. The summed E-state index contributed by atoms with van der Waals surface area (Å²) in [6, 6.07) is 10.0. The molecule has 0 bridgehead atoms. The number of carbonyl (C=O) groups is 2. The van der Waals surface area contributed by atoms with E-state index in [0.717, 1.165) is 0 Å². The number of ether oxygens (including phenoxy) is 1. The molecule has 0 aliphatic carbocycles. The maximum atomic E-state index is 11.1. The molecule has 0 saturated heterocycles. The molecule has 4 heteroatoms. The standard InChI is InChI=1S/C11H14O4.C8H8/c1-4-7-15-11(14)9(3)6-5-8(2)10(12)13;1-2-8-6-4-3-5-7-8/h4-5H,1,3,6-7H2,2H3,(H,12,13);2-7H,1H2. The van der Waals surface area contributed by atoms with Crippen molar-refractivity contribution >= 4 is 18.0 Å². The highest BCUT2D eigenvalue weighted by atomic mass is 16.5. The van der Waals surface area contributed by atoms with Crippen LogP contribution in [0.2, 0.25) is 0 Å². The van der Waals surface area contributed by atoms with Crippen molar-refractivity contribution in [2.24, 2.45) is 0 Å². The normalized spacial score (nSPS) is 9.87. The average molecular weight is 314 g/mol. The second kappa shape index (κ2) is 11.7. The lowest BCUT2D eigenvalue weighted by molar-refractivity contribution is -0.138. The first-order chi connectivity index (χ1) is 10.9.